The molecular formula is C18H20N6O3. The van der Waals surface area contributed by atoms with E-state index < -0.39 is 6.03 Å². The Morgan fingerprint density at radius 3 is 2.59 bits per heavy atom. The number of nitrogens with zero attached hydrogens (tertiary/aromatic N) is 4. The summed E-state index contributed by atoms with van der Waals surface area (Å²) in [6, 6.07) is 12.6. The lowest BCUT2D eigenvalue weighted by atomic mass is 10.2. The number of carbonyl (C=O) groups excluding carboxylic acids is 1. The average Bonchev–Trinajstić information content (AvgIpc) is 3.15. The first kappa shape index (κ1) is 18.2. The van der Waals surface area contributed by atoms with Crippen LogP contribution in [0.4, 0.5) is 10.5 Å². The van der Waals surface area contributed by atoms with Crippen LogP contribution in [0, 0.1) is 6.92 Å². The summed E-state index contributed by atoms with van der Waals surface area (Å²) in [5.41, 5.74) is 2.45. The average molecular weight is 368 g/mol. The van der Waals surface area contributed by atoms with Crippen LogP contribution in [-0.4, -0.2) is 40.5 Å². The Morgan fingerprint density at radius 1 is 1.11 bits per heavy atom. The molecular weight excluding hydrogens is 348 g/mol. The van der Waals surface area contributed by atoms with Crippen molar-refractivity contribution in [3.8, 4) is 17.2 Å². The van der Waals surface area contributed by atoms with E-state index in [2.05, 4.69) is 26.2 Å². The topological polar surface area (TPSA) is 103 Å². The Labute approximate surface area is 156 Å². The van der Waals surface area contributed by atoms with E-state index in [9.17, 15) is 4.79 Å². The highest BCUT2D eigenvalue weighted by atomic mass is 16.5. The van der Waals surface area contributed by atoms with Gasteiger partial charge in [-0.15, -0.1) is 5.10 Å². The Kier molecular flexibility index (Phi) is 5.50. The van der Waals surface area contributed by atoms with Gasteiger partial charge < -0.3 is 20.1 Å². The summed E-state index contributed by atoms with van der Waals surface area (Å²) < 4.78 is 12.1. The molecule has 2 amide bonds. The van der Waals surface area contributed by atoms with Crippen molar-refractivity contribution in [3.63, 3.8) is 0 Å². The van der Waals surface area contributed by atoms with Crippen molar-refractivity contribution in [1.29, 1.82) is 0 Å². The second-order valence-electron chi connectivity index (χ2n) is 5.69. The molecule has 3 aromatic rings. The van der Waals surface area contributed by atoms with Crippen molar-refractivity contribution in [2.24, 2.45) is 0 Å². The number of hydrogen-bond acceptors (Lipinski definition) is 6. The third-order valence-electron chi connectivity index (χ3n) is 3.87. The molecule has 0 aliphatic rings. The maximum atomic E-state index is 12.3. The van der Waals surface area contributed by atoms with E-state index in [-0.39, 0.29) is 6.54 Å². The van der Waals surface area contributed by atoms with Crippen LogP contribution in [0.5, 0.6) is 11.5 Å². The van der Waals surface area contributed by atoms with E-state index in [0.29, 0.717) is 23.0 Å². The van der Waals surface area contributed by atoms with Crippen LogP contribution < -0.4 is 20.1 Å². The van der Waals surface area contributed by atoms with Crippen LogP contribution in [0.2, 0.25) is 0 Å². The lowest BCUT2D eigenvalue weighted by Gasteiger charge is -2.13. The van der Waals surface area contributed by atoms with Gasteiger partial charge in [-0.05, 0) is 41.6 Å². The monoisotopic (exact) mass is 368 g/mol. The van der Waals surface area contributed by atoms with E-state index in [0.717, 1.165) is 11.3 Å². The molecule has 9 heteroatoms. The highest BCUT2D eigenvalue weighted by Gasteiger charge is 2.13. The van der Waals surface area contributed by atoms with E-state index in [1.807, 2.05) is 31.2 Å². The van der Waals surface area contributed by atoms with E-state index in [1.165, 1.54) is 14.2 Å². The number of rotatable bonds is 6. The number of nitrogens with one attached hydrogen (secondary N) is 2. The third-order valence-corrected chi connectivity index (χ3v) is 3.87. The summed E-state index contributed by atoms with van der Waals surface area (Å²) in [6.07, 6.45) is 0. The number of para-hydroxylation sites is 1. The van der Waals surface area contributed by atoms with Crippen molar-refractivity contribution in [2.75, 3.05) is 19.5 Å². The molecule has 140 valence electrons. The first-order valence-electron chi connectivity index (χ1n) is 8.22. The molecule has 0 unspecified atom stereocenters. The fraction of sp³-hybridized carbons (Fsp3) is 0.222. The molecule has 0 aliphatic carbocycles. The number of tetrazole rings is 1. The molecule has 0 aliphatic heterocycles. The number of benzene rings is 2. The molecule has 2 aromatic carbocycles. The van der Waals surface area contributed by atoms with Gasteiger partial charge in [0.15, 0.2) is 17.3 Å². The summed E-state index contributed by atoms with van der Waals surface area (Å²) in [7, 11) is 3.04. The number of carbonyl (C=O) groups is 1. The molecule has 1 heterocycles. The summed E-state index contributed by atoms with van der Waals surface area (Å²) >= 11 is 0. The largest absolute Gasteiger partial charge is 0.493 e. The Morgan fingerprint density at radius 2 is 1.89 bits per heavy atom. The molecule has 1 aromatic heterocycles. The van der Waals surface area contributed by atoms with Crippen LogP contribution in [0.25, 0.3) is 5.69 Å². The molecule has 27 heavy (non-hydrogen) atoms. The maximum absolute atomic E-state index is 12.3. The second-order valence-corrected chi connectivity index (χ2v) is 5.69. The zero-order valence-electron chi connectivity index (χ0n) is 15.3. The number of hydrogen-bond donors (Lipinski definition) is 2. The highest BCUT2D eigenvalue weighted by Crippen LogP contribution is 2.34. The molecule has 2 N–H and O–H groups in total. The number of amides is 2. The second kappa shape index (κ2) is 8.17. The minimum Gasteiger partial charge on any atom is -0.493 e. The fourth-order valence-electron chi connectivity index (χ4n) is 2.51. The van der Waals surface area contributed by atoms with Crippen molar-refractivity contribution in [1.82, 2.24) is 25.5 Å². The standard InChI is InChI=1S/C18H20N6O3/c1-12-7-9-13(10-8-12)24-16(21-22-23-24)11-19-18(25)20-14-5-4-6-15(26-2)17(14)27-3/h4-10H,11H2,1-3H3,(H2,19,20,25). The van der Waals surface area contributed by atoms with Crippen molar-refractivity contribution in [2.45, 2.75) is 13.5 Å². The van der Waals surface area contributed by atoms with Gasteiger partial charge in [0.1, 0.15) is 0 Å². The molecule has 0 saturated carbocycles. The first-order valence-corrected chi connectivity index (χ1v) is 8.22. The quantitative estimate of drug-likeness (QED) is 0.692. The zero-order valence-corrected chi connectivity index (χ0v) is 15.3. The van der Waals surface area contributed by atoms with E-state index in [1.54, 1.807) is 22.9 Å². The zero-order chi connectivity index (χ0) is 19.2. The van der Waals surface area contributed by atoms with Gasteiger partial charge >= 0.3 is 6.03 Å². The summed E-state index contributed by atoms with van der Waals surface area (Å²) in [4.78, 5) is 12.3. The number of anilines is 1. The van der Waals surface area contributed by atoms with Gasteiger partial charge in [0.05, 0.1) is 32.1 Å². The van der Waals surface area contributed by atoms with Gasteiger partial charge in [0.2, 0.25) is 0 Å². The molecule has 0 spiro atoms. The normalized spacial score (nSPS) is 10.3. The van der Waals surface area contributed by atoms with Crippen molar-refractivity contribution in [3.05, 3.63) is 53.9 Å². The van der Waals surface area contributed by atoms with Crippen molar-refractivity contribution >= 4 is 11.7 Å². The summed E-state index contributed by atoms with van der Waals surface area (Å²) in [5, 5.41) is 17.1. The number of aryl methyl sites for hydroxylation is 1. The number of aromatic nitrogens is 4. The van der Waals surface area contributed by atoms with Gasteiger partial charge in [0.25, 0.3) is 0 Å². The van der Waals surface area contributed by atoms with Crippen molar-refractivity contribution < 1.29 is 14.3 Å². The predicted octanol–water partition coefficient (Wildman–Crippen LogP) is 2.31. The van der Waals surface area contributed by atoms with Gasteiger partial charge in [-0.25, -0.2) is 4.79 Å². The minimum atomic E-state index is -0.417. The smallest absolute Gasteiger partial charge is 0.319 e. The van der Waals surface area contributed by atoms with Crippen LogP contribution >= 0.6 is 0 Å². The van der Waals surface area contributed by atoms with Crippen LogP contribution in [0.15, 0.2) is 42.5 Å². The molecule has 0 fully saturated rings. The summed E-state index contributed by atoms with van der Waals surface area (Å²) in [6.45, 7) is 2.15. The Hall–Kier alpha value is -3.62. The number of methoxy groups -OCH3 is 2. The fourth-order valence-corrected chi connectivity index (χ4v) is 2.51. The van der Waals surface area contributed by atoms with Gasteiger partial charge in [-0.3, -0.25) is 0 Å². The van der Waals surface area contributed by atoms with Crippen LogP contribution in [0.3, 0.4) is 0 Å². The van der Waals surface area contributed by atoms with E-state index in [4.69, 9.17) is 9.47 Å². The molecule has 3 rings (SSSR count). The minimum absolute atomic E-state index is 0.152. The Bertz CT molecular complexity index is 923. The maximum Gasteiger partial charge on any atom is 0.319 e. The molecule has 9 nitrogen and oxygen atoms in total. The third kappa shape index (κ3) is 4.14. The molecule has 0 radical (unpaired) electrons. The summed E-state index contributed by atoms with van der Waals surface area (Å²) in [5.74, 6) is 1.48. The molecule has 0 bridgehead atoms. The Balaban J connectivity index is 1.67. The first-order chi connectivity index (χ1) is 13.1. The SMILES string of the molecule is COc1cccc(NC(=O)NCc2nnnn2-c2ccc(C)cc2)c1OC. The van der Waals surface area contributed by atoms with Crippen LogP contribution in [-0.2, 0) is 6.54 Å². The predicted molar refractivity (Wildman–Crippen MR) is 99.3 cm³/mol. The lowest BCUT2D eigenvalue weighted by Crippen LogP contribution is -2.29. The highest BCUT2D eigenvalue weighted by molar-refractivity contribution is 5.91. The number of ether oxygens (including phenoxy) is 2. The number of urea groups is 1. The van der Waals surface area contributed by atoms with Crippen LogP contribution in [0.1, 0.15) is 11.4 Å². The van der Waals surface area contributed by atoms with Gasteiger partial charge in [-0.1, -0.05) is 23.8 Å². The molecule has 0 atom stereocenters. The lowest BCUT2D eigenvalue weighted by molar-refractivity contribution is 0.251. The van der Waals surface area contributed by atoms with Gasteiger partial charge in [-0.2, -0.15) is 4.68 Å². The van der Waals surface area contributed by atoms with Gasteiger partial charge in [0, 0.05) is 0 Å². The van der Waals surface area contributed by atoms with E-state index >= 15 is 0 Å². The molecule has 0 saturated heterocycles.